The Morgan fingerprint density at radius 3 is 2.30 bits per heavy atom. The molecule has 0 aromatic carbocycles. The van der Waals surface area contributed by atoms with Crippen molar-refractivity contribution in [2.75, 3.05) is 19.6 Å². The molecule has 1 aliphatic carbocycles. The van der Waals surface area contributed by atoms with E-state index < -0.39 is 5.60 Å². The number of carbonyl (C=O) groups excluding carboxylic acids is 1. The Labute approximate surface area is 124 Å². The van der Waals surface area contributed by atoms with Gasteiger partial charge in [-0.15, -0.1) is 0 Å². The van der Waals surface area contributed by atoms with Gasteiger partial charge in [0.05, 0.1) is 6.54 Å². The van der Waals surface area contributed by atoms with Crippen LogP contribution in [0.15, 0.2) is 0 Å². The maximum atomic E-state index is 12.1. The lowest BCUT2D eigenvalue weighted by atomic mass is 9.76. The molecular weight excluding hydrogens is 252 g/mol. The van der Waals surface area contributed by atoms with Crippen LogP contribution in [-0.2, 0) is 9.53 Å². The molecule has 0 atom stereocenters. The summed E-state index contributed by atoms with van der Waals surface area (Å²) in [5, 5.41) is 0. The summed E-state index contributed by atoms with van der Waals surface area (Å²) >= 11 is 0. The van der Waals surface area contributed by atoms with Gasteiger partial charge in [-0.1, -0.05) is 13.8 Å². The minimum absolute atomic E-state index is 0.0157. The van der Waals surface area contributed by atoms with Gasteiger partial charge in [0.15, 0.2) is 0 Å². The third-order valence-corrected chi connectivity index (χ3v) is 4.38. The number of carbonyl (C=O) groups is 1. The van der Waals surface area contributed by atoms with Crippen molar-refractivity contribution < 1.29 is 9.53 Å². The quantitative estimate of drug-likeness (QED) is 0.788. The predicted octanol–water partition coefficient (Wildman–Crippen LogP) is 2.56. The van der Waals surface area contributed by atoms with Crippen molar-refractivity contribution in [2.45, 2.75) is 71.4 Å². The molecule has 0 saturated heterocycles. The molecule has 0 heterocycles. The van der Waals surface area contributed by atoms with Crippen LogP contribution in [0.2, 0.25) is 0 Å². The Morgan fingerprint density at radius 2 is 1.90 bits per heavy atom. The first-order chi connectivity index (χ1) is 9.22. The Kier molecular flexibility index (Phi) is 6.02. The molecule has 0 aromatic heterocycles. The molecule has 1 rings (SSSR count). The zero-order chi connectivity index (χ0) is 15.4. The van der Waals surface area contributed by atoms with Crippen LogP contribution in [0.5, 0.6) is 0 Å². The normalized spacial score (nSPS) is 27.6. The minimum Gasteiger partial charge on any atom is -0.459 e. The second-order valence-corrected chi connectivity index (χ2v) is 7.21. The average molecular weight is 284 g/mol. The zero-order valence-corrected chi connectivity index (χ0v) is 13.9. The Bertz CT molecular complexity index is 315. The maximum Gasteiger partial charge on any atom is 0.320 e. The van der Waals surface area contributed by atoms with Crippen LogP contribution < -0.4 is 5.73 Å². The summed E-state index contributed by atoms with van der Waals surface area (Å²) in [6.07, 6.45) is 4.56. The van der Waals surface area contributed by atoms with E-state index in [1.54, 1.807) is 0 Å². The largest absolute Gasteiger partial charge is 0.459 e. The molecule has 0 unspecified atom stereocenters. The number of nitrogens with zero attached hydrogens (tertiary/aromatic N) is 1. The number of ether oxygens (including phenoxy) is 1. The summed E-state index contributed by atoms with van der Waals surface area (Å²) < 4.78 is 5.45. The van der Waals surface area contributed by atoms with Crippen molar-refractivity contribution >= 4 is 5.97 Å². The molecule has 1 aliphatic rings. The van der Waals surface area contributed by atoms with Crippen molar-refractivity contribution in [1.82, 2.24) is 4.90 Å². The van der Waals surface area contributed by atoms with E-state index >= 15 is 0 Å². The highest BCUT2D eigenvalue weighted by atomic mass is 16.6. The van der Waals surface area contributed by atoms with Crippen LogP contribution in [0, 0.1) is 5.92 Å². The molecule has 0 amide bonds. The average Bonchev–Trinajstić information content (AvgIpc) is 2.35. The van der Waals surface area contributed by atoms with Crippen LogP contribution in [0.3, 0.4) is 0 Å². The van der Waals surface area contributed by atoms with Gasteiger partial charge in [0.2, 0.25) is 0 Å². The van der Waals surface area contributed by atoms with Gasteiger partial charge in [-0.2, -0.15) is 0 Å². The molecule has 1 saturated carbocycles. The summed E-state index contributed by atoms with van der Waals surface area (Å²) in [6, 6.07) is 0. The van der Waals surface area contributed by atoms with Crippen LogP contribution in [-0.4, -0.2) is 41.6 Å². The number of hydrogen-bond acceptors (Lipinski definition) is 4. The Balaban J connectivity index is 2.70. The molecule has 0 aromatic rings. The molecule has 0 aliphatic heterocycles. The van der Waals surface area contributed by atoms with Gasteiger partial charge in [-0.25, -0.2) is 0 Å². The molecule has 2 N–H and O–H groups in total. The van der Waals surface area contributed by atoms with E-state index in [0.717, 1.165) is 25.3 Å². The predicted molar refractivity (Wildman–Crippen MR) is 82.5 cm³/mol. The van der Waals surface area contributed by atoms with Gasteiger partial charge in [0, 0.05) is 12.1 Å². The molecule has 4 nitrogen and oxygen atoms in total. The molecule has 0 spiro atoms. The first kappa shape index (κ1) is 17.4. The zero-order valence-electron chi connectivity index (χ0n) is 13.9. The van der Waals surface area contributed by atoms with Crippen molar-refractivity contribution in [3.8, 4) is 0 Å². The van der Waals surface area contributed by atoms with Gasteiger partial charge in [0.25, 0.3) is 0 Å². The van der Waals surface area contributed by atoms with E-state index in [9.17, 15) is 4.79 Å². The molecule has 1 fully saturated rings. The lowest BCUT2D eigenvalue weighted by Gasteiger charge is -2.46. The summed E-state index contributed by atoms with van der Waals surface area (Å²) in [5.74, 6) is 0.626. The summed E-state index contributed by atoms with van der Waals surface area (Å²) in [6.45, 7) is 11.9. The van der Waals surface area contributed by atoms with Gasteiger partial charge in [-0.05, 0) is 58.9 Å². The van der Waals surface area contributed by atoms with E-state index in [1.165, 1.54) is 12.8 Å². The molecule has 118 valence electrons. The topological polar surface area (TPSA) is 55.6 Å². The van der Waals surface area contributed by atoms with Crippen LogP contribution in [0.4, 0.5) is 0 Å². The van der Waals surface area contributed by atoms with Crippen molar-refractivity contribution in [2.24, 2.45) is 11.7 Å². The molecule has 20 heavy (non-hydrogen) atoms. The maximum absolute atomic E-state index is 12.1. The highest BCUT2D eigenvalue weighted by molar-refractivity contribution is 5.72. The van der Waals surface area contributed by atoms with Gasteiger partial charge in [-0.3, -0.25) is 9.69 Å². The van der Waals surface area contributed by atoms with E-state index in [0.29, 0.717) is 13.1 Å². The number of nitrogens with two attached hydrogens (primary N) is 1. The smallest absolute Gasteiger partial charge is 0.320 e. The first-order valence-corrected chi connectivity index (χ1v) is 7.89. The summed E-state index contributed by atoms with van der Waals surface area (Å²) in [5.41, 5.74) is 5.63. The van der Waals surface area contributed by atoms with E-state index in [4.69, 9.17) is 10.5 Å². The fourth-order valence-electron chi connectivity index (χ4n) is 3.09. The number of rotatable bonds is 5. The first-order valence-electron chi connectivity index (χ1n) is 7.89. The lowest BCUT2D eigenvalue weighted by molar-refractivity contribution is -0.158. The van der Waals surface area contributed by atoms with E-state index in [1.807, 2.05) is 20.8 Å². The second kappa shape index (κ2) is 6.90. The van der Waals surface area contributed by atoms with Crippen molar-refractivity contribution in [1.29, 1.82) is 0 Å². The van der Waals surface area contributed by atoms with Crippen molar-refractivity contribution in [3.63, 3.8) is 0 Å². The molecule has 4 heteroatoms. The second-order valence-electron chi connectivity index (χ2n) is 7.21. The third kappa shape index (κ3) is 4.74. The summed E-state index contributed by atoms with van der Waals surface area (Å²) in [4.78, 5) is 14.3. The minimum atomic E-state index is -0.423. The summed E-state index contributed by atoms with van der Waals surface area (Å²) in [7, 11) is 0. The standard InChI is InChI=1S/C16H32N2O2/c1-6-18(11-14(19)20-15(3,4)5)16(12-17)9-7-13(2)8-10-16/h13H,6-12,17H2,1-5H3. The van der Waals surface area contributed by atoms with Crippen molar-refractivity contribution in [3.05, 3.63) is 0 Å². The van der Waals surface area contributed by atoms with E-state index in [2.05, 4.69) is 18.7 Å². The Morgan fingerprint density at radius 1 is 1.35 bits per heavy atom. The van der Waals surface area contributed by atoms with E-state index in [-0.39, 0.29) is 11.5 Å². The highest BCUT2D eigenvalue weighted by Gasteiger charge is 2.39. The number of likely N-dealkylation sites (N-methyl/N-ethyl adjacent to an activating group) is 1. The van der Waals surface area contributed by atoms with Gasteiger partial charge >= 0.3 is 5.97 Å². The van der Waals surface area contributed by atoms with Gasteiger partial charge < -0.3 is 10.5 Å². The monoisotopic (exact) mass is 284 g/mol. The highest BCUT2D eigenvalue weighted by Crippen LogP contribution is 2.35. The lowest BCUT2D eigenvalue weighted by Crippen LogP contribution is -2.57. The Hall–Kier alpha value is -0.610. The molecule has 0 radical (unpaired) electrons. The fraction of sp³-hybridized carbons (Fsp3) is 0.938. The fourth-order valence-corrected chi connectivity index (χ4v) is 3.09. The van der Waals surface area contributed by atoms with Crippen LogP contribution in [0.1, 0.15) is 60.3 Å². The SMILES string of the molecule is CCN(CC(=O)OC(C)(C)C)C1(CN)CCC(C)CC1. The van der Waals surface area contributed by atoms with Crippen LogP contribution >= 0.6 is 0 Å². The van der Waals surface area contributed by atoms with Crippen LogP contribution in [0.25, 0.3) is 0 Å². The number of esters is 1. The third-order valence-electron chi connectivity index (χ3n) is 4.38. The number of hydrogen-bond donors (Lipinski definition) is 1. The molecule has 0 bridgehead atoms. The van der Waals surface area contributed by atoms with Gasteiger partial charge in [0.1, 0.15) is 5.60 Å². The molecular formula is C16H32N2O2.